The molecule has 0 aliphatic heterocycles. The van der Waals surface area contributed by atoms with Crippen molar-refractivity contribution in [3.63, 3.8) is 0 Å². The Morgan fingerprint density at radius 3 is 2.63 bits per heavy atom. The first-order chi connectivity index (χ1) is 8.73. The van der Waals surface area contributed by atoms with E-state index in [-0.39, 0.29) is 22.8 Å². The van der Waals surface area contributed by atoms with Crippen LogP contribution in [0.3, 0.4) is 0 Å². The Kier molecular flexibility index (Phi) is 4.83. The molecule has 0 saturated carbocycles. The van der Waals surface area contributed by atoms with Crippen molar-refractivity contribution in [2.75, 3.05) is 11.9 Å². The first kappa shape index (κ1) is 15.4. The molecule has 0 aromatic heterocycles. The van der Waals surface area contributed by atoms with Crippen LogP contribution in [0.4, 0.5) is 18.9 Å². The summed E-state index contributed by atoms with van der Waals surface area (Å²) >= 11 is 5.71. The van der Waals surface area contributed by atoms with Crippen molar-refractivity contribution < 1.29 is 23.1 Å². The first-order valence-corrected chi connectivity index (χ1v) is 5.61. The highest BCUT2D eigenvalue weighted by atomic mass is 35.5. The largest absolute Gasteiger partial charge is 0.478 e. The third kappa shape index (κ3) is 4.17. The molecule has 0 amide bonds. The van der Waals surface area contributed by atoms with Gasteiger partial charge in [-0.1, -0.05) is 23.7 Å². The SMILES string of the molecule is C/C(=C/CNc1c(Cl)cccc1C(F)(F)F)C(=O)O. The Bertz CT molecular complexity index is 512. The number of aliphatic carboxylic acids is 1. The number of carbonyl (C=O) groups is 1. The predicted molar refractivity (Wildman–Crippen MR) is 66.3 cm³/mol. The van der Waals surface area contributed by atoms with E-state index in [0.717, 1.165) is 6.07 Å². The van der Waals surface area contributed by atoms with Crippen molar-refractivity contribution in [1.29, 1.82) is 0 Å². The molecule has 0 fully saturated rings. The van der Waals surface area contributed by atoms with Crippen LogP contribution in [0.5, 0.6) is 0 Å². The van der Waals surface area contributed by atoms with Crippen LogP contribution >= 0.6 is 11.6 Å². The Hall–Kier alpha value is -1.69. The van der Waals surface area contributed by atoms with E-state index >= 15 is 0 Å². The van der Waals surface area contributed by atoms with E-state index in [4.69, 9.17) is 16.7 Å². The molecule has 1 aromatic rings. The van der Waals surface area contributed by atoms with Gasteiger partial charge in [0.25, 0.3) is 0 Å². The predicted octanol–water partition coefficient (Wildman–Crippen LogP) is 3.80. The molecule has 1 rings (SSSR count). The van der Waals surface area contributed by atoms with Gasteiger partial charge in [-0.05, 0) is 19.1 Å². The van der Waals surface area contributed by atoms with E-state index in [2.05, 4.69) is 5.32 Å². The zero-order chi connectivity index (χ0) is 14.6. The number of nitrogens with one attached hydrogen (secondary N) is 1. The van der Waals surface area contributed by atoms with Gasteiger partial charge in [0.1, 0.15) is 0 Å². The third-order valence-corrected chi connectivity index (χ3v) is 2.66. The molecule has 7 heteroatoms. The van der Waals surface area contributed by atoms with Crippen molar-refractivity contribution in [3.05, 3.63) is 40.4 Å². The van der Waals surface area contributed by atoms with Gasteiger partial charge >= 0.3 is 12.1 Å². The quantitative estimate of drug-likeness (QED) is 0.830. The van der Waals surface area contributed by atoms with Crippen molar-refractivity contribution in [2.24, 2.45) is 0 Å². The second-order valence-corrected chi connectivity index (χ2v) is 4.14. The van der Waals surface area contributed by atoms with Crippen LogP contribution in [0.15, 0.2) is 29.8 Å². The van der Waals surface area contributed by atoms with E-state index < -0.39 is 17.7 Å². The van der Waals surface area contributed by atoms with Gasteiger partial charge in [-0.25, -0.2) is 4.79 Å². The topological polar surface area (TPSA) is 49.3 Å². The fraction of sp³-hybridized carbons (Fsp3) is 0.250. The van der Waals surface area contributed by atoms with Crippen LogP contribution in [0.25, 0.3) is 0 Å². The van der Waals surface area contributed by atoms with E-state index in [1.54, 1.807) is 0 Å². The minimum atomic E-state index is -4.53. The van der Waals surface area contributed by atoms with Crippen molar-refractivity contribution in [2.45, 2.75) is 13.1 Å². The van der Waals surface area contributed by atoms with Crippen LogP contribution in [0.2, 0.25) is 5.02 Å². The molecular weight excluding hydrogens is 283 g/mol. The molecule has 19 heavy (non-hydrogen) atoms. The van der Waals surface area contributed by atoms with Gasteiger partial charge in [-0.3, -0.25) is 0 Å². The average molecular weight is 294 g/mol. The second kappa shape index (κ2) is 5.97. The maximum Gasteiger partial charge on any atom is 0.418 e. The molecule has 0 saturated heterocycles. The van der Waals surface area contributed by atoms with Crippen molar-refractivity contribution in [1.82, 2.24) is 0 Å². The summed E-state index contributed by atoms with van der Waals surface area (Å²) in [6, 6.07) is 3.43. The summed E-state index contributed by atoms with van der Waals surface area (Å²) in [6.45, 7) is 1.28. The maximum atomic E-state index is 12.7. The number of hydrogen-bond donors (Lipinski definition) is 2. The highest BCUT2D eigenvalue weighted by molar-refractivity contribution is 6.33. The van der Waals surface area contributed by atoms with E-state index in [9.17, 15) is 18.0 Å². The maximum absolute atomic E-state index is 12.7. The summed E-state index contributed by atoms with van der Waals surface area (Å²) in [5.41, 5.74) is -1.11. The van der Waals surface area contributed by atoms with Gasteiger partial charge < -0.3 is 10.4 Å². The molecule has 0 unspecified atom stereocenters. The standard InChI is InChI=1S/C12H11ClF3NO2/c1-7(11(18)19)5-6-17-10-8(12(14,15)16)3-2-4-9(10)13/h2-5,17H,6H2,1H3,(H,18,19)/b7-5-. The Balaban J connectivity index is 2.95. The average Bonchev–Trinajstić information content (AvgIpc) is 2.29. The lowest BCUT2D eigenvalue weighted by Gasteiger charge is -2.15. The first-order valence-electron chi connectivity index (χ1n) is 5.23. The number of carboxylic acid groups (broad SMARTS) is 1. The molecular formula is C12H11ClF3NO2. The van der Waals surface area contributed by atoms with E-state index in [1.807, 2.05) is 0 Å². The number of para-hydroxylation sites is 1. The molecule has 0 atom stereocenters. The monoisotopic (exact) mass is 293 g/mol. The molecule has 0 radical (unpaired) electrons. The molecule has 0 aliphatic carbocycles. The molecule has 3 nitrogen and oxygen atoms in total. The zero-order valence-electron chi connectivity index (χ0n) is 9.88. The zero-order valence-corrected chi connectivity index (χ0v) is 10.6. The fourth-order valence-electron chi connectivity index (χ4n) is 1.33. The Labute approximate surface area is 112 Å². The third-order valence-electron chi connectivity index (χ3n) is 2.34. The Morgan fingerprint density at radius 2 is 2.11 bits per heavy atom. The van der Waals surface area contributed by atoms with Gasteiger partial charge in [0.05, 0.1) is 16.3 Å². The number of hydrogen-bond acceptors (Lipinski definition) is 2. The normalized spacial score (nSPS) is 12.4. The smallest absolute Gasteiger partial charge is 0.418 e. The lowest BCUT2D eigenvalue weighted by molar-refractivity contribution is -0.137. The number of carboxylic acids is 1. The number of benzene rings is 1. The van der Waals surface area contributed by atoms with Gasteiger partial charge in [0.15, 0.2) is 0 Å². The minimum absolute atomic E-state index is 0.0353. The fourth-order valence-corrected chi connectivity index (χ4v) is 1.57. The van der Waals surface area contributed by atoms with Crippen molar-refractivity contribution >= 4 is 23.3 Å². The van der Waals surface area contributed by atoms with Gasteiger partial charge in [-0.2, -0.15) is 13.2 Å². The van der Waals surface area contributed by atoms with Crippen molar-refractivity contribution in [3.8, 4) is 0 Å². The lowest BCUT2D eigenvalue weighted by Crippen LogP contribution is -2.12. The number of halogens is 4. The molecule has 0 bridgehead atoms. The van der Waals surface area contributed by atoms with Gasteiger partial charge in [-0.15, -0.1) is 0 Å². The van der Waals surface area contributed by atoms with Gasteiger partial charge in [0, 0.05) is 12.1 Å². The summed E-state index contributed by atoms with van der Waals surface area (Å²) in [4.78, 5) is 10.5. The summed E-state index contributed by atoms with van der Waals surface area (Å²) in [5, 5.41) is 11.0. The molecule has 0 heterocycles. The molecule has 104 valence electrons. The highest BCUT2D eigenvalue weighted by Crippen LogP contribution is 2.38. The summed E-state index contributed by atoms with van der Waals surface area (Å²) in [5.74, 6) is -1.13. The highest BCUT2D eigenvalue weighted by Gasteiger charge is 2.34. The van der Waals surface area contributed by atoms with Crippen LogP contribution in [-0.4, -0.2) is 17.6 Å². The lowest BCUT2D eigenvalue weighted by atomic mass is 10.1. The summed E-state index contributed by atoms with van der Waals surface area (Å²) in [6.07, 6.45) is -3.26. The summed E-state index contributed by atoms with van der Waals surface area (Å²) < 4.78 is 38.2. The molecule has 0 spiro atoms. The van der Waals surface area contributed by atoms with Crippen LogP contribution < -0.4 is 5.32 Å². The molecule has 2 N–H and O–H groups in total. The van der Waals surface area contributed by atoms with Crippen LogP contribution in [-0.2, 0) is 11.0 Å². The number of rotatable bonds is 4. The van der Waals surface area contributed by atoms with Crippen LogP contribution in [0.1, 0.15) is 12.5 Å². The van der Waals surface area contributed by atoms with E-state index in [0.29, 0.717) is 0 Å². The molecule has 1 aromatic carbocycles. The number of alkyl halides is 3. The number of anilines is 1. The van der Waals surface area contributed by atoms with Gasteiger partial charge in [0.2, 0.25) is 0 Å². The Morgan fingerprint density at radius 1 is 1.47 bits per heavy atom. The second-order valence-electron chi connectivity index (χ2n) is 3.73. The van der Waals surface area contributed by atoms with Crippen LogP contribution in [0, 0.1) is 0 Å². The van der Waals surface area contributed by atoms with E-state index in [1.165, 1.54) is 25.1 Å². The molecule has 0 aliphatic rings. The summed E-state index contributed by atoms with van der Waals surface area (Å²) in [7, 11) is 0. The minimum Gasteiger partial charge on any atom is -0.478 e.